The molecule has 0 bridgehead atoms. The van der Waals surface area contributed by atoms with Gasteiger partial charge in [-0.3, -0.25) is 0 Å². The Morgan fingerprint density at radius 3 is 1.49 bits per heavy atom. The zero-order chi connectivity index (χ0) is 27.3. The van der Waals surface area contributed by atoms with Gasteiger partial charge < -0.3 is 8.85 Å². The Morgan fingerprint density at radius 2 is 1.11 bits per heavy atom. The second-order valence-corrected chi connectivity index (χ2v) is 28.9. The van der Waals surface area contributed by atoms with E-state index in [1.165, 1.54) is 3.57 Å². The molecule has 0 fully saturated rings. The van der Waals surface area contributed by atoms with E-state index in [0.717, 1.165) is 16.7 Å². The molecular weight excluding hydrogens is 591 g/mol. The zero-order valence-corrected chi connectivity index (χ0v) is 29.6. The van der Waals surface area contributed by atoms with Gasteiger partial charge in [-0.05, 0) is 83.1 Å². The van der Waals surface area contributed by atoms with Crippen LogP contribution in [0.3, 0.4) is 0 Å². The summed E-state index contributed by atoms with van der Waals surface area (Å²) in [4.78, 5) is 0. The monoisotopic (exact) mass is 638 g/mol. The molecule has 6 heteroatoms. The molecule has 0 aliphatic carbocycles. The first-order valence-corrected chi connectivity index (χ1v) is 22.8. The third-order valence-corrected chi connectivity index (χ3v) is 17.5. The fourth-order valence-electron chi connectivity index (χ4n) is 2.28. The van der Waals surface area contributed by atoms with E-state index in [2.05, 4.69) is 158 Å². The van der Waals surface area contributed by atoms with Crippen molar-refractivity contribution in [1.29, 1.82) is 0 Å². The smallest absolute Gasteiger partial charge is 0.192 e. The lowest BCUT2D eigenvalue weighted by atomic mass is 10.1. The Labute approximate surface area is 233 Å². The van der Waals surface area contributed by atoms with E-state index >= 15 is 0 Å². The lowest BCUT2D eigenvalue weighted by Crippen LogP contribution is -2.42. The van der Waals surface area contributed by atoms with Crippen molar-refractivity contribution >= 4 is 47.3 Å². The average Bonchev–Trinajstić information content (AvgIpc) is 2.67. The van der Waals surface area contributed by atoms with Gasteiger partial charge in [0.25, 0.3) is 0 Å². The van der Waals surface area contributed by atoms with Crippen LogP contribution in [0.25, 0.3) is 0 Å². The summed E-state index contributed by atoms with van der Waals surface area (Å²) in [6, 6.07) is 8.32. The molecule has 0 radical (unpaired) electrons. The van der Waals surface area contributed by atoms with E-state index in [4.69, 9.17) is 8.85 Å². The van der Waals surface area contributed by atoms with Gasteiger partial charge in [0.1, 0.15) is 8.07 Å². The number of rotatable bonds is 6. The van der Waals surface area contributed by atoms with Crippen LogP contribution in [-0.2, 0) is 8.85 Å². The molecule has 0 amide bonds. The number of hydrogen-bond donors (Lipinski definition) is 0. The first kappa shape index (κ1) is 32.4. The minimum atomic E-state index is -1.95. The maximum Gasteiger partial charge on any atom is 0.192 e. The van der Waals surface area contributed by atoms with Crippen LogP contribution in [0.2, 0.25) is 55.9 Å². The van der Waals surface area contributed by atoms with Crippen molar-refractivity contribution in [3.05, 3.63) is 44.5 Å². The van der Waals surface area contributed by atoms with Gasteiger partial charge in [0.15, 0.2) is 16.6 Å². The third kappa shape index (κ3) is 11.1. The van der Waals surface area contributed by atoms with E-state index in [0.29, 0.717) is 13.2 Å². The topological polar surface area (TPSA) is 18.5 Å². The van der Waals surface area contributed by atoms with Crippen molar-refractivity contribution in [1.82, 2.24) is 0 Å². The lowest BCUT2D eigenvalue weighted by Gasteiger charge is -2.37. The summed E-state index contributed by atoms with van der Waals surface area (Å²) in [5, 5.41) is 0.262. The number of benzene rings is 1. The quantitative estimate of drug-likeness (QED) is 0.176. The Balaban J connectivity index is 3.59. The van der Waals surface area contributed by atoms with Crippen LogP contribution in [0.5, 0.6) is 0 Å². The summed E-state index contributed by atoms with van der Waals surface area (Å²) in [5.41, 5.74) is 6.50. The number of hydrogen-bond acceptors (Lipinski definition) is 2. The summed E-state index contributed by atoms with van der Waals surface area (Å²) in [6.07, 6.45) is 0. The molecule has 0 aromatic heterocycles. The second-order valence-electron chi connectivity index (χ2n) is 13.3. The first-order valence-electron chi connectivity index (χ1n) is 12.5. The normalized spacial score (nSPS) is 13.9. The minimum Gasteiger partial charge on any atom is -0.412 e. The first-order chi connectivity index (χ1) is 15.6. The lowest BCUT2D eigenvalue weighted by molar-refractivity contribution is 0.308. The van der Waals surface area contributed by atoms with Crippen molar-refractivity contribution in [2.24, 2.45) is 0 Å². The molecule has 35 heavy (non-hydrogen) atoms. The van der Waals surface area contributed by atoms with Crippen LogP contribution in [0, 0.1) is 26.9 Å². The van der Waals surface area contributed by atoms with Crippen LogP contribution >= 0.6 is 22.6 Å². The highest BCUT2D eigenvalue weighted by Crippen LogP contribution is 2.38. The predicted octanol–water partition coefficient (Wildman–Crippen LogP) is 8.86. The van der Waals surface area contributed by atoms with Crippen molar-refractivity contribution in [2.75, 3.05) is 13.2 Å². The molecule has 0 heterocycles. The van der Waals surface area contributed by atoms with Gasteiger partial charge in [-0.25, -0.2) is 0 Å². The van der Waals surface area contributed by atoms with Crippen LogP contribution in [-0.4, -0.2) is 37.9 Å². The van der Waals surface area contributed by atoms with E-state index in [1.54, 1.807) is 0 Å². The highest BCUT2D eigenvalue weighted by molar-refractivity contribution is 14.1. The van der Waals surface area contributed by atoms with Gasteiger partial charge in [0.05, 0.1) is 13.2 Å². The van der Waals surface area contributed by atoms with Crippen molar-refractivity contribution in [3.8, 4) is 23.3 Å². The highest BCUT2D eigenvalue weighted by Gasteiger charge is 2.38. The largest absolute Gasteiger partial charge is 0.412 e. The molecule has 0 saturated carbocycles. The molecule has 1 rings (SSSR count). The SMILES string of the molecule is CC(C)(C)[Si](C)(C)OC/C(C#Cc1ccc(I)cc1)=C(\C#C[Si](C)(C)C)CO[Si](C)(C)C(C)(C)C. The fourth-order valence-corrected chi connectivity index (χ4v) is 5.04. The van der Waals surface area contributed by atoms with Gasteiger partial charge in [-0.15, -0.1) is 5.54 Å². The highest BCUT2D eigenvalue weighted by atomic mass is 127. The zero-order valence-electron chi connectivity index (χ0n) is 24.4. The van der Waals surface area contributed by atoms with Crippen molar-refractivity contribution in [2.45, 2.75) is 97.4 Å². The molecule has 0 aliphatic rings. The Morgan fingerprint density at radius 1 is 0.714 bits per heavy atom. The van der Waals surface area contributed by atoms with Crippen LogP contribution in [0.1, 0.15) is 47.1 Å². The maximum absolute atomic E-state index is 6.65. The van der Waals surface area contributed by atoms with Crippen LogP contribution in [0.15, 0.2) is 35.4 Å². The fraction of sp³-hybridized carbons (Fsp3) is 0.586. The molecule has 1 aromatic carbocycles. The predicted molar refractivity (Wildman–Crippen MR) is 170 cm³/mol. The average molecular weight is 639 g/mol. The van der Waals surface area contributed by atoms with Gasteiger partial charge >= 0.3 is 0 Å². The van der Waals surface area contributed by atoms with E-state index in [1.807, 2.05) is 0 Å². The Bertz CT molecular complexity index is 1010. The van der Waals surface area contributed by atoms with Crippen molar-refractivity contribution < 1.29 is 8.85 Å². The summed E-state index contributed by atoms with van der Waals surface area (Å²) < 4.78 is 14.5. The molecule has 0 saturated heterocycles. The van der Waals surface area contributed by atoms with Crippen LogP contribution in [0.4, 0.5) is 0 Å². The molecule has 0 spiro atoms. The van der Waals surface area contributed by atoms with E-state index in [-0.39, 0.29) is 10.1 Å². The molecule has 194 valence electrons. The summed E-state index contributed by atoms with van der Waals surface area (Å²) in [6.45, 7) is 30.6. The second kappa shape index (κ2) is 12.3. The summed E-state index contributed by atoms with van der Waals surface area (Å²) in [7, 11) is -5.48. The molecule has 0 N–H and O–H groups in total. The molecule has 0 aliphatic heterocycles. The van der Waals surface area contributed by atoms with E-state index in [9.17, 15) is 0 Å². The van der Waals surface area contributed by atoms with E-state index < -0.39 is 24.7 Å². The molecule has 0 unspecified atom stereocenters. The molecule has 2 nitrogen and oxygen atoms in total. The molecule has 0 atom stereocenters. The third-order valence-electron chi connectivity index (χ3n) is 6.92. The van der Waals surface area contributed by atoms with Crippen molar-refractivity contribution in [3.63, 3.8) is 0 Å². The summed E-state index contributed by atoms with van der Waals surface area (Å²) in [5.74, 6) is 10.4. The molecule has 1 aromatic rings. The Kier molecular flexibility index (Phi) is 11.4. The molecular formula is C29H47IO2Si3. The van der Waals surface area contributed by atoms with Gasteiger partial charge in [0.2, 0.25) is 0 Å². The standard InChI is InChI=1S/C29H47IO2Si3/c1-28(2,3)34(10,11)31-22-25(17-14-24-15-18-27(30)19-16-24)26(20-21-33(7,8)9)23-32-35(12,13)29(4,5)6/h15-16,18-19H,22-23H2,1-13H3/b26-25+. The van der Waals surface area contributed by atoms with Gasteiger partial charge in [-0.1, -0.05) is 78.9 Å². The number of halogens is 1. The van der Waals surface area contributed by atoms with Gasteiger partial charge in [0, 0.05) is 20.3 Å². The Hall–Kier alpha value is -0.619. The van der Waals surface area contributed by atoms with Crippen LogP contribution < -0.4 is 0 Å². The maximum atomic E-state index is 6.65. The summed E-state index contributed by atoms with van der Waals surface area (Å²) >= 11 is 2.32. The minimum absolute atomic E-state index is 0.128. The van der Waals surface area contributed by atoms with Gasteiger partial charge in [-0.2, -0.15) is 0 Å².